The van der Waals surface area contributed by atoms with Gasteiger partial charge in [0, 0.05) is 23.8 Å². The summed E-state index contributed by atoms with van der Waals surface area (Å²) in [6.07, 6.45) is 2.84. The number of nitrogens with zero attached hydrogens (tertiary/aromatic N) is 2. The van der Waals surface area contributed by atoms with Gasteiger partial charge in [0.05, 0.1) is 18.2 Å². The second-order valence-corrected chi connectivity index (χ2v) is 2.95. The first-order valence-corrected chi connectivity index (χ1v) is 4.24. The second kappa shape index (κ2) is 3.53. The van der Waals surface area contributed by atoms with E-state index < -0.39 is 5.97 Å². The van der Waals surface area contributed by atoms with Crippen LogP contribution in [0.5, 0.6) is 5.88 Å². The monoisotopic (exact) mass is 204 g/mol. The van der Waals surface area contributed by atoms with E-state index in [2.05, 4.69) is 9.97 Å². The van der Waals surface area contributed by atoms with E-state index in [4.69, 9.17) is 9.84 Å². The number of hydrogen-bond acceptors (Lipinski definition) is 4. The third-order valence-electron chi connectivity index (χ3n) is 2.00. The minimum absolute atomic E-state index is 0.148. The minimum atomic E-state index is -1.000. The molecule has 0 spiro atoms. The van der Waals surface area contributed by atoms with Crippen LogP contribution in [0.25, 0.3) is 10.9 Å². The molecule has 0 aromatic carbocycles. The molecule has 1 N–H and O–H groups in total. The van der Waals surface area contributed by atoms with E-state index in [9.17, 15) is 4.79 Å². The minimum Gasteiger partial charge on any atom is -0.481 e. The molecule has 0 unspecified atom stereocenters. The van der Waals surface area contributed by atoms with E-state index in [1.54, 1.807) is 6.07 Å². The number of pyridine rings is 2. The zero-order chi connectivity index (χ0) is 10.8. The van der Waals surface area contributed by atoms with Gasteiger partial charge in [-0.05, 0) is 6.07 Å². The highest BCUT2D eigenvalue weighted by molar-refractivity contribution is 5.92. The van der Waals surface area contributed by atoms with Crippen molar-refractivity contribution in [3.63, 3.8) is 0 Å². The maximum absolute atomic E-state index is 10.7. The number of hydrogen-bond donors (Lipinski definition) is 1. The quantitative estimate of drug-likeness (QED) is 0.799. The summed E-state index contributed by atoms with van der Waals surface area (Å²) in [5.74, 6) is -0.543. The van der Waals surface area contributed by atoms with Crippen LogP contribution < -0.4 is 4.74 Å². The Hall–Kier alpha value is -2.17. The SMILES string of the molecule is COc1cc2ncc(C(=O)O)cc2cn1. The number of ether oxygens (including phenoxy) is 1. The molecule has 76 valence electrons. The van der Waals surface area contributed by atoms with Crippen molar-refractivity contribution in [2.45, 2.75) is 0 Å². The summed E-state index contributed by atoms with van der Waals surface area (Å²) >= 11 is 0. The van der Waals surface area contributed by atoms with Crippen molar-refractivity contribution in [2.24, 2.45) is 0 Å². The molecule has 0 aliphatic carbocycles. The van der Waals surface area contributed by atoms with Crippen molar-refractivity contribution in [2.75, 3.05) is 7.11 Å². The molecule has 15 heavy (non-hydrogen) atoms. The predicted molar refractivity (Wildman–Crippen MR) is 53.0 cm³/mol. The van der Waals surface area contributed by atoms with Crippen LogP contribution in [0.15, 0.2) is 24.5 Å². The Morgan fingerprint density at radius 3 is 2.80 bits per heavy atom. The zero-order valence-electron chi connectivity index (χ0n) is 7.97. The van der Waals surface area contributed by atoms with E-state index in [1.807, 2.05) is 0 Å². The van der Waals surface area contributed by atoms with Gasteiger partial charge in [0.15, 0.2) is 0 Å². The molecule has 0 radical (unpaired) electrons. The second-order valence-electron chi connectivity index (χ2n) is 2.95. The number of aromatic nitrogens is 2. The lowest BCUT2D eigenvalue weighted by Crippen LogP contribution is -1.97. The molecule has 0 aliphatic heterocycles. The summed E-state index contributed by atoms with van der Waals surface area (Å²) < 4.78 is 4.93. The predicted octanol–water partition coefficient (Wildman–Crippen LogP) is 1.34. The summed E-state index contributed by atoms with van der Waals surface area (Å²) in [7, 11) is 1.51. The Morgan fingerprint density at radius 2 is 2.13 bits per heavy atom. The van der Waals surface area contributed by atoms with Gasteiger partial charge in [-0.3, -0.25) is 4.98 Å². The van der Waals surface area contributed by atoms with Crippen LogP contribution in [0.4, 0.5) is 0 Å². The van der Waals surface area contributed by atoms with Crippen molar-refractivity contribution in [3.8, 4) is 5.88 Å². The van der Waals surface area contributed by atoms with Crippen LogP contribution in [0, 0.1) is 0 Å². The molecule has 0 bridgehead atoms. The van der Waals surface area contributed by atoms with Gasteiger partial charge in [-0.15, -0.1) is 0 Å². The molecule has 0 saturated carbocycles. The summed E-state index contributed by atoms with van der Waals surface area (Å²) in [4.78, 5) is 18.7. The molecule has 2 aromatic heterocycles. The summed E-state index contributed by atoms with van der Waals surface area (Å²) in [5, 5.41) is 9.44. The highest BCUT2D eigenvalue weighted by atomic mass is 16.5. The first-order chi connectivity index (χ1) is 7.20. The average Bonchev–Trinajstić information content (AvgIpc) is 2.27. The Labute approximate surface area is 85.4 Å². The van der Waals surface area contributed by atoms with Gasteiger partial charge < -0.3 is 9.84 Å². The Kier molecular flexibility index (Phi) is 2.21. The first kappa shape index (κ1) is 9.39. The lowest BCUT2D eigenvalue weighted by molar-refractivity contribution is 0.0696. The highest BCUT2D eigenvalue weighted by Crippen LogP contribution is 2.16. The van der Waals surface area contributed by atoms with E-state index in [0.717, 1.165) is 0 Å². The standard InChI is InChI=1S/C10H8N2O3/c1-15-9-3-8-6(4-12-9)2-7(5-11-8)10(13)14/h2-5H,1H3,(H,13,14). The normalized spacial score (nSPS) is 10.2. The van der Waals surface area contributed by atoms with Gasteiger partial charge in [0.2, 0.25) is 5.88 Å². The maximum atomic E-state index is 10.7. The van der Waals surface area contributed by atoms with E-state index in [-0.39, 0.29) is 5.56 Å². The molecule has 2 aromatic rings. The van der Waals surface area contributed by atoms with Gasteiger partial charge in [-0.25, -0.2) is 9.78 Å². The molecular weight excluding hydrogens is 196 g/mol. The van der Waals surface area contributed by atoms with Gasteiger partial charge in [0.1, 0.15) is 0 Å². The fraction of sp³-hybridized carbons (Fsp3) is 0.100. The summed E-state index contributed by atoms with van der Waals surface area (Å²) in [5.41, 5.74) is 0.807. The molecule has 0 saturated heterocycles. The molecule has 0 atom stereocenters. The van der Waals surface area contributed by atoms with E-state index >= 15 is 0 Å². The Bertz CT molecular complexity index is 525. The Morgan fingerprint density at radius 1 is 1.33 bits per heavy atom. The molecule has 0 amide bonds. The molecule has 5 heteroatoms. The molecule has 2 heterocycles. The summed E-state index contributed by atoms with van der Waals surface area (Å²) in [6, 6.07) is 3.18. The van der Waals surface area contributed by atoms with Crippen molar-refractivity contribution in [1.82, 2.24) is 9.97 Å². The zero-order valence-corrected chi connectivity index (χ0v) is 7.97. The van der Waals surface area contributed by atoms with Crippen molar-refractivity contribution in [3.05, 3.63) is 30.1 Å². The number of rotatable bonds is 2. The van der Waals surface area contributed by atoms with Gasteiger partial charge >= 0.3 is 5.97 Å². The maximum Gasteiger partial charge on any atom is 0.337 e. The fourth-order valence-electron chi connectivity index (χ4n) is 1.23. The lowest BCUT2D eigenvalue weighted by atomic mass is 10.2. The largest absolute Gasteiger partial charge is 0.481 e. The average molecular weight is 204 g/mol. The Balaban J connectivity index is 2.59. The molecule has 5 nitrogen and oxygen atoms in total. The molecule has 2 rings (SSSR count). The topological polar surface area (TPSA) is 72.3 Å². The van der Waals surface area contributed by atoms with Gasteiger partial charge in [0.25, 0.3) is 0 Å². The number of fused-ring (bicyclic) bond motifs is 1. The van der Waals surface area contributed by atoms with Gasteiger partial charge in [-0.1, -0.05) is 0 Å². The van der Waals surface area contributed by atoms with Gasteiger partial charge in [-0.2, -0.15) is 0 Å². The van der Waals surface area contributed by atoms with Crippen LogP contribution in [0.3, 0.4) is 0 Å². The summed E-state index contributed by atoms with van der Waals surface area (Å²) in [6.45, 7) is 0. The van der Waals surface area contributed by atoms with Crippen LogP contribution in [-0.4, -0.2) is 28.2 Å². The fourth-order valence-corrected chi connectivity index (χ4v) is 1.23. The number of aromatic carboxylic acids is 1. The third kappa shape index (κ3) is 1.71. The number of methoxy groups -OCH3 is 1. The van der Waals surface area contributed by atoms with Crippen LogP contribution in [0.1, 0.15) is 10.4 Å². The number of carboxylic acid groups (broad SMARTS) is 1. The molecular formula is C10H8N2O3. The van der Waals surface area contributed by atoms with Crippen molar-refractivity contribution >= 4 is 16.9 Å². The highest BCUT2D eigenvalue weighted by Gasteiger charge is 2.05. The molecule has 0 fully saturated rings. The lowest BCUT2D eigenvalue weighted by Gasteiger charge is -2.01. The third-order valence-corrected chi connectivity index (χ3v) is 2.00. The van der Waals surface area contributed by atoms with E-state index in [1.165, 1.54) is 25.6 Å². The van der Waals surface area contributed by atoms with Crippen LogP contribution >= 0.6 is 0 Å². The first-order valence-electron chi connectivity index (χ1n) is 4.24. The number of carboxylic acids is 1. The molecule has 0 aliphatic rings. The van der Waals surface area contributed by atoms with Crippen molar-refractivity contribution in [1.29, 1.82) is 0 Å². The van der Waals surface area contributed by atoms with E-state index in [0.29, 0.717) is 16.8 Å². The van der Waals surface area contributed by atoms with Crippen LogP contribution in [0.2, 0.25) is 0 Å². The van der Waals surface area contributed by atoms with Crippen molar-refractivity contribution < 1.29 is 14.6 Å². The smallest absolute Gasteiger partial charge is 0.337 e. The number of carbonyl (C=O) groups is 1. The van der Waals surface area contributed by atoms with Crippen LogP contribution in [-0.2, 0) is 0 Å².